The van der Waals surface area contributed by atoms with Gasteiger partial charge in [0, 0.05) is 12.1 Å². The highest BCUT2D eigenvalue weighted by molar-refractivity contribution is 5.82. The van der Waals surface area contributed by atoms with Crippen LogP contribution in [0.5, 0.6) is 0 Å². The molecule has 0 saturated heterocycles. The molecule has 0 aromatic carbocycles. The fourth-order valence-corrected chi connectivity index (χ4v) is 0.169. The van der Waals surface area contributed by atoms with E-state index in [2.05, 4.69) is 0 Å². The lowest BCUT2D eigenvalue weighted by Gasteiger charge is -1.75. The van der Waals surface area contributed by atoms with Crippen LogP contribution in [-0.2, 0) is 9.59 Å². The van der Waals surface area contributed by atoms with E-state index >= 15 is 0 Å². The summed E-state index contributed by atoms with van der Waals surface area (Å²) < 4.78 is 27.4. The topological polar surface area (TPSA) is 74.6 Å². The van der Waals surface area contributed by atoms with Gasteiger partial charge in [0.1, 0.15) is 0 Å². The lowest BCUT2D eigenvalue weighted by Crippen LogP contribution is -1.86. The Balaban J connectivity index is 5.35. The van der Waals surface area contributed by atoms with E-state index in [4.69, 9.17) is 15.7 Å². The molecule has 0 spiro atoms. The van der Waals surface area contributed by atoms with Crippen LogP contribution in [0.15, 0.2) is 24.2 Å². The van der Waals surface area contributed by atoms with Gasteiger partial charge < -0.3 is 10.2 Å². The largest absolute Gasteiger partial charge is 0.478 e. The minimum atomic E-state index is -1.75. The van der Waals surface area contributed by atoms with Crippen molar-refractivity contribution in [2.75, 3.05) is 0 Å². The third-order valence-electron chi connectivity index (χ3n) is 0.401. The molecule has 4 heteroatoms. The van der Waals surface area contributed by atoms with Gasteiger partial charge in [-0.25, -0.2) is 9.59 Å². The molecule has 2 N–H and O–H groups in total. The van der Waals surface area contributed by atoms with Crippen LogP contribution < -0.4 is 0 Å². The second-order valence-corrected chi connectivity index (χ2v) is 1.11. The van der Waals surface area contributed by atoms with Gasteiger partial charge in [-0.15, -0.1) is 0 Å². The average Bonchev–Trinajstić information content (AvgIpc) is 2.12. The van der Waals surface area contributed by atoms with Gasteiger partial charge in [-0.05, 0) is 0 Å². The van der Waals surface area contributed by atoms with E-state index < -0.39 is 36.1 Å². The molecule has 0 amide bonds. The average molecular weight is 146 g/mol. The Kier molecular flexibility index (Phi) is 1.53. The quantitative estimate of drug-likeness (QED) is 0.442. The highest BCUT2D eigenvalue weighted by atomic mass is 16.4. The molecule has 0 bridgehead atoms. The van der Waals surface area contributed by atoms with E-state index in [0.29, 0.717) is 0 Å². The molecular weight excluding hydrogens is 136 g/mol. The molecule has 0 unspecified atom stereocenters. The number of carboxylic acid groups (broad SMARTS) is 2. The number of carboxylic acids is 2. The minimum Gasteiger partial charge on any atom is -0.478 e. The van der Waals surface area contributed by atoms with E-state index in [-0.39, 0.29) is 0 Å². The van der Waals surface area contributed by atoms with Crippen molar-refractivity contribution in [3.8, 4) is 0 Å². The van der Waals surface area contributed by atoms with Crippen molar-refractivity contribution < 1.29 is 25.3 Å². The van der Waals surface area contributed by atoms with Crippen LogP contribution in [0.3, 0.4) is 0 Å². The van der Waals surface area contributed by atoms with Gasteiger partial charge in [0.15, 0.2) is 0 Å². The van der Waals surface area contributed by atoms with Gasteiger partial charge in [0.05, 0.1) is 5.48 Å². The summed E-state index contributed by atoms with van der Waals surface area (Å²) in [4.78, 5) is 20.3. The Morgan fingerprint density at radius 2 is 1.40 bits per heavy atom. The normalized spacial score (nSPS) is 20.4. The number of hydrogen-bond acceptors (Lipinski definition) is 2. The SMILES string of the molecule is [2H]/C(C(=O)O)=C([2H])\C([2H])=C(/[2H])C(=O)O. The third-order valence-corrected chi connectivity index (χ3v) is 0.401. The number of rotatable bonds is 3. The first-order valence-corrected chi connectivity index (χ1v) is 2.11. The van der Waals surface area contributed by atoms with E-state index in [1.54, 1.807) is 0 Å². The van der Waals surface area contributed by atoms with Gasteiger partial charge in [-0.2, -0.15) is 0 Å². The molecule has 0 atom stereocenters. The van der Waals surface area contributed by atoms with Gasteiger partial charge in [-0.1, -0.05) is 12.1 Å². The summed E-state index contributed by atoms with van der Waals surface area (Å²) in [6, 6.07) is -4.66. The molecule has 0 saturated carbocycles. The van der Waals surface area contributed by atoms with Crippen LogP contribution in [0.25, 0.3) is 0 Å². The molecule has 0 radical (unpaired) electrons. The maximum atomic E-state index is 10.2. The van der Waals surface area contributed by atoms with Crippen LogP contribution in [0.1, 0.15) is 5.48 Å². The summed E-state index contributed by atoms with van der Waals surface area (Å²) in [5.41, 5.74) is 0. The van der Waals surface area contributed by atoms with E-state index in [9.17, 15) is 9.59 Å². The van der Waals surface area contributed by atoms with Crippen molar-refractivity contribution in [2.45, 2.75) is 0 Å². The van der Waals surface area contributed by atoms with Crippen molar-refractivity contribution in [3.05, 3.63) is 24.2 Å². The Morgan fingerprint density at radius 1 is 1.10 bits per heavy atom. The second kappa shape index (κ2) is 4.31. The minimum absolute atomic E-state index is 1.11. The fraction of sp³-hybridized carbons (Fsp3) is 0. The molecule has 0 aliphatic heterocycles. The molecule has 54 valence electrons. The zero-order chi connectivity index (χ0) is 11.5. The molecule has 10 heavy (non-hydrogen) atoms. The van der Waals surface area contributed by atoms with Crippen LogP contribution in [0, 0.1) is 0 Å². The van der Waals surface area contributed by atoms with Crippen LogP contribution in [0.4, 0.5) is 0 Å². The molecule has 0 heterocycles. The van der Waals surface area contributed by atoms with Crippen molar-refractivity contribution in [2.24, 2.45) is 0 Å². The smallest absolute Gasteiger partial charge is 0.328 e. The van der Waals surface area contributed by atoms with Crippen molar-refractivity contribution >= 4 is 11.9 Å². The predicted octanol–water partition coefficient (Wildman–Crippen LogP) is 0.268. The zero-order valence-electron chi connectivity index (χ0n) is 8.71. The van der Waals surface area contributed by atoms with Gasteiger partial charge in [0.2, 0.25) is 0 Å². The lowest BCUT2D eigenvalue weighted by atomic mass is 10.4. The van der Waals surface area contributed by atoms with E-state index in [1.807, 2.05) is 0 Å². The van der Waals surface area contributed by atoms with E-state index in [1.165, 1.54) is 0 Å². The number of carbonyl (C=O) groups is 2. The highest BCUT2D eigenvalue weighted by Crippen LogP contribution is 1.76. The number of aliphatic carboxylic acids is 2. The number of hydrogen-bond donors (Lipinski definition) is 2. The summed E-state index contributed by atoms with van der Waals surface area (Å²) in [6.45, 7) is 0. The van der Waals surface area contributed by atoms with Gasteiger partial charge in [0.25, 0.3) is 0 Å². The number of allylic oxidation sites excluding steroid dienone is 2. The Bertz CT molecular complexity index is 310. The highest BCUT2D eigenvalue weighted by Gasteiger charge is 1.83. The maximum Gasteiger partial charge on any atom is 0.328 e. The fourth-order valence-electron chi connectivity index (χ4n) is 0.169. The Labute approximate surface area is 62.7 Å². The summed E-state index contributed by atoms with van der Waals surface area (Å²) in [6.07, 6.45) is 0. The first-order chi connectivity index (χ1) is 6.29. The summed E-state index contributed by atoms with van der Waals surface area (Å²) >= 11 is 0. The van der Waals surface area contributed by atoms with Gasteiger partial charge >= 0.3 is 11.9 Å². The third kappa shape index (κ3) is 6.42. The van der Waals surface area contributed by atoms with Crippen LogP contribution in [0.2, 0.25) is 0 Å². The molecule has 0 aromatic rings. The van der Waals surface area contributed by atoms with Crippen molar-refractivity contribution in [3.63, 3.8) is 0 Å². The monoisotopic (exact) mass is 146 g/mol. The van der Waals surface area contributed by atoms with Crippen molar-refractivity contribution in [1.82, 2.24) is 0 Å². The molecule has 0 fully saturated rings. The molecule has 0 aliphatic rings. The first kappa shape index (κ1) is 3.55. The molecule has 0 aliphatic carbocycles. The Hall–Kier alpha value is -1.58. The van der Waals surface area contributed by atoms with Crippen molar-refractivity contribution in [1.29, 1.82) is 0 Å². The lowest BCUT2D eigenvalue weighted by molar-refractivity contribution is -0.132. The predicted molar refractivity (Wildman–Crippen MR) is 33.6 cm³/mol. The van der Waals surface area contributed by atoms with Crippen LogP contribution >= 0.6 is 0 Å². The second-order valence-electron chi connectivity index (χ2n) is 1.11. The first-order valence-electron chi connectivity index (χ1n) is 4.11. The van der Waals surface area contributed by atoms with E-state index in [0.717, 1.165) is 0 Å². The maximum absolute atomic E-state index is 10.2. The Morgan fingerprint density at radius 3 is 1.60 bits per heavy atom. The van der Waals surface area contributed by atoms with Gasteiger partial charge in [-0.3, -0.25) is 0 Å². The molecule has 0 aromatic heterocycles. The summed E-state index contributed by atoms with van der Waals surface area (Å²) in [5.74, 6) is -3.50. The summed E-state index contributed by atoms with van der Waals surface area (Å²) in [7, 11) is 0. The molecule has 4 nitrogen and oxygen atoms in total. The summed E-state index contributed by atoms with van der Waals surface area (Å²) in [5, 5.41) is 16.5. The zero-order valence-corrected chi connectivity index (χ0v) is 4.71. The molecule has 0 rings (SSSR count). The standard InChI is InChI=1S/C6H6O4/c7-5(8)3-1-2-4-6(9)10/h1-4H,(H,7,8)(H,9,10)/b3-1+,4-2+/i1D,2D,3D,4D. The van der Waals surface area contributed by atoms with Crippen LogP contribution in [-0.4, -0.2) is 22.2 Å². The molecular formula is C6H6O4.